The first-order valence-electron chi connectivity index (χ1n) is 8.01. The van der Waals surface area contributed by atoms with Gasteiger partial charge in [-0.3, -0.25) is 9.88 Å². The molecule has 3 rings (SSSR count). The molecule has 0 bridgehead atoms. The second kappa shape index (κ2) is 7.40. The molecule has 0 radical (unpaired) electrons. The highest BCUT2D eigenvalue weighted by molar-refractivity contribution is 5.19. The standard InChI is InChI=1S/C18H22N4O/c1-21(11-15-3-2-7-20-10-15)12-16-6-8-22(13-16)14-18-5-4-17(9-19)23-18/h2-5,7,10,16H,6,8,11-14H2,1H3. The summed E-state index contributed by atoms with van der Waals surface area (Å²) in [6.45, 7) is 5.00. The van der Waals surface area contributed by atoms with Gasteiger partial charge in [-0.25, -0.2) is 0 Å². The van der Waals surface area contributed by atoms with Gasteiger partial charge in [0.15, 0.2) is 0 Å². The third-order valence-corrected chi connectivity index (χ3v) is 4.27. The Morgan fingerprint density at radius 1 is 1.43 bits per heavy atom. The van der Waals surface area contributed by atoms with Crippen molar-refractivity contribution in [1.29, 1.82) is 5.26 Å². The number of pyridine rings is 1. The quantitative estimate of drug-likeness (QED) is 0.820. The molecule has 1 unspecified atom stereocenters. The van der Waals surface area contributed by atoms with E-state index in [4.69, 9.17) is 9.68 Å². The summed E-state index contributed by atoms with van der Waals surface area (Å²) in [6.07, 6.45) is 4.95. The molecule has 0 saturated carbocycles. The van der Waals surface area contributed by atoms with E-state index >= 15 is 0 Å². The number of furan rings is 1. The van der Waals surface area contributed by atoms with E-state index < -0.39 is 0 Å². The summed E-state index contributed by atoms with van der Waals surface area (Å²) in [5.41, 5.74) is 1.25. The van der Waals surface area contributed by atoms with E-state index in [1.165, 1.54) is 12.0 Å². The van der Waals surface area contributed by atoms with Crippen LogP contribution in [0, 0.1) is 17.2 Å². The Morgan fingerprint density at radius 2 is 2.35 bits per heavy atom. The Labute approximate surface area is 137 Å². The summed E-state index contributed by atoms with van der Waals surface area (Å²) in [5, 5.41) is 8.81. The molecular weight excluding hydrogens is 288 g/mol. The molecular formula is C18H22N4O. The average molecular weight is 310 g/mol. The highest BCUT2D eigenvalue weighted by Crippen LogP contribution is 2.20. The monoisotopic (exact) mass is 310 g/mol. The molecule has 5 nitrogen and oxygen atoms in total. The van der Waals surface area contributed by atoms with Crippen molar-refractivity contribution in [2.75, 3.05) is 26.7 Å². The molecule has 1 fully saturated rings. The number of nitrogens with zero attached hydrogens (tertiary/aromatic N) is 4. The van der Waals surface area contributed by atoms with Crippen molar-refractivity contribution in [3.05, 3.63) is 53.7 Å². The average Bonchev–Trinajstić information content (AvgIpc) is 3.18. The van der Waals surface area contributed by atoms with Crippen molar-refractivity contribution in [2.45, 2.75) is 19.5 Å². The number of hydrogen-bond acceptors (Lipinski definition) is 5. The fraction of sp³-hybridized carbons (Fsp3) is 0.444. The second-order valence-electron chi connectivity index (χ2n) is 6.33. The van der Waals surface area contributed by atoms with Crippen molar-refractivity contribution in [1.82, 2.24) is 14.8 Å². The third kappa shape index (κ3) is 4.41. The lowest BCUT2D eigenvalue weighted by atomic mass is 10.1. The molecule has 2 aromatic heterocycles. The normalized spacial score (nSPS) is 18.4. The number of likely N-dealkylation sites (tertiary alicyclic amines) is 1. The lowest BCUT2D eigenvalue weighted by Gasteiger charge is -2.21. The van der Waals surface area contributed by atoms with Crippen molar-refractivity contribution in [3.63, 3.8) is 0 Å². The second-order valence-corrected chi connectivity index (χ2v) is 6.33. The Kier molecular flexibility index (Phi) is 5.06. The number of rotatable bonds is 6. The summed E-state index contributed by atoms with van der Waals surface area (Å²) in [5.74, 6) is 1.96. The predicted octanol–water partition coefficient (Wildman–Crippen LogP) is 2.50. The van der Waals surface area contributed by atoms with E-state index in [1.807, 2.05) is 30.6 Å². The predicted molar refractivity (Wildman–Crippen MR) is 87.4 cm³/mol. The first-order valence-corrected chi connectivity index (χ1v) is 8.01. The Bertz CT molecular complexity index is 661. The summed E-state index contributed by atoms with van der Waals surface area (Å²) >= 11 is 0. The lowest BCUT2D eigenvalue weighted by molar-refractivity contribution is 0.246. The van der Waals surface area contributed by atoms with E-state index in [9.17, 15) is 0 Å². The van der Waals surface area contributed by atoms with E-state index in [1.54, 1.807) is 6.07 Å². The van der Waals surface area contributed by atoms with Crippen LogP contribution in [0.1, 0.15) is 23.5 Å². The molecule has 2 aromatic rings. The van der Waals surface area contributed by atoms with Crippen LogP contribution in [0.4, 0.5) is 0 Å². The number of nitriles is 1. The highest BCUT2D eigenvalue weighted by atomic mass is 16.3. The number of hydrogen-bond donors (Lipinski definition) is 0. The van der Waals surface area contributed by atoms with E-state index in [2.05, 4.69) is 27.9 Å². The van der Waals surface area contributed by atoms with Crippen molar-refractivity contribution in [2.24, 2.45) is 5.92 Å². The fourth-order valence-electron chi connectivity index (χ4n) is 3.26. The first kappa shape index (κ1) is 15.7. The van der Waals surface area contributed by atoms with Crippen LogP contribution in [0.25, 0.3) is 0 Å². The van der Waals surface area contributed by atoms with Gasteiger partial charge in [-0.05, 0) is 49.7 Å². The van der Waals surface area contributed by atoms with E-state index in [0.29, 0.717) is 11.7 Å². The summed E-state index contributed by atoms with van der Waals surface area (Å²) in [4.78, 5) is 8.94. The number of aromatic nitrogens is 1. The van der Waals surface area contributed by atoms with Gasteiger partial charge >= 0.3 is 0 Å². The minimum absolute atomic E-state index is 0.395. The largest absolute Gasteiger partial charge is 0.449 e. The maximum atomic E-state index is 8.81. The molecule has 3 heterocycles. The molecule has 0 aliphatic carbocycles. The van der Waals surface area contributed by atoms with Gasteiger partial charge in [0, 0.05) is 32.0 Å². The summed E-state index contributed by atoms with van der Waals surface area (Å²) < 4.78 is 5.47. The molecule has 0 spiro atoms. The van der Waals surface area contributed by atoms with Gasteiger partial charge in [-0.2, -0.15) is 5.26 Å². The van der Waals surface area contributed by atoms with E-state index in [-0.39, 0.29) is 0 Å². The molecule has 0 amide bonds. The molecule has 1 saturated heterocycles. The van der Waals surface area contributed by atoms with Crippen molar-refractivity contribution in [3.8, 4) is 6.07 Å². The molecule has 23 heavy (non-hydrogen) atoms. The maximum Gasteiger partial charge on any atom is 0.203 e. The molecule has 120 valence electrons. The van der Waals surface area contributed by atoms with Crippen LogP contribution in [0.2, 0.25) is 0 Å². The molecule has 0 N–H and O–H groups in total. The fourth-order valence-corrected chi connectivity index (χ4v) is 3.26. The SMILES string of the molecule is CN(Cc1cccnc1)CC1CCN(Cc2ccc(C#N)o2)C1. The van der Waals surface area contributed by atoms with Gasteiger partial charge in [0.2, 0.25) is 5.76 Å². The van der Waals surface area contributed by atoms with Gasteiger partial charge < -0.3 is 9.32 Å². The van der Waals surface area contributed by atoms with Crippen molar-refractivity contribution < 1.29 is 4.42 Å². The minimum atomic E-state index is 0.395. The first-order chi connectivity index (χ1) is 11.2. The minimum Gasteiger partial charge on any atom is -0.449 e. The van der Waals surface area contributed by atoms with Crippen molar-refractivity contribution >= 4 is 0 Å². The summed E-state index contributed by atoms with van der Waals surface area (Å²) in [7, 11) is 2.17. The Hall–Kier alpha value is -2.16. The smallest absolute Gasteiger partial charge is 0.203 e. The van der Waals surface area contributed by atoms with E-state index in [0.717, 1.165) is 38.5 Å². The van der Waals surface area contributed by atoms with Crippen LogP contribution in [0.3, 0.4) is 0 Å². The van der Waals surface area contributed by atoms with Gasteiger partial charge in [0.25, 0.3) is 0 Å². The molecule has 5 heteroatoms. The van der Waals surface area contributed by atoms with Crippen LogP contribution >= 0.6 is 0 Å². The zero-order valence-corrected chi connectivity index (χ0v) is 13.5. The zero-order valence-electron chi connectivity index (χ0n) is 13.5. The van der Waals surface area contributed by atoms with Crippen LogP contribution in [0.15, 0.2) is 41.1 Å². The highest BCUT2D eigenvalue weighted by Gasteiger charge is 2.24. The van der Waals surface area contributed by atoms with Gasteiger partial charge in [-0.15, -0.1) is 0 Å². The third-order valence-electron chi connectivity index (χ3n) is 4.27. The Balaban J connectivity index is 1.45. The molecule has 1 aliphatic heterocycles. The molecule has 1 aliphatic rings. The summed E-state index contributed by atoms with van der Waals surface area (Å²) in [6, 6.07) is 9.78. The zero-order chi connectivity index (χ0) is 16.1. The van der Waals surface area contributed by atoms with Gasteiger partial charge in [0.1, 0.15) is 11.8 Å². The molecule has 0 aromatic carbocycles. The van der Waals surface area contributed by atoms with Crippen LogP contribution in [-0.4, -0.2) is 41.5 Å². The van der Waals surface area contributed by atoms with Crippen LogP contribution in [0.5, 0.6) is 0 Å². The van der Waals surface area contributed by atoms with Gasteiger partial charge in [-0.1, -0.05) is 6.07 Å². The lowest BCUT2D eigenvalue weighted by Crippen LogP contribution is -2.28. The molecule has 1 atom stereocenters. The van der Waals surface area contributed by atoms with Crippen LogP contribution in [-0.2, 0) is 13.1 Å². The van der Waals surface area contributed by atoms with Crippen LogP contribution < -0.4 is 0 Å². The topological polar surface area (TPSA) is 56.3 Å². The maximum absolute atomic E-state index is 8.81. The van der Waals surface area contributed by atoms with Gasteiger partial charge in [0.05, 0.1) is 6.54 Å². The Morgan fingerprint density at radius 3 is 3.09 bits per heavy atom.